The predicted molar refractivity (Wildman–Crippen MR) is 123 cm³/mol. The summed E-state index contributed by atoms with van der Waals surface area (Å²) in [6.45, 7) is 9.30. The number of hydrogen-bond acceptors (Lipinski definition) is 6. The second-order valence-corrected chi connectivity index (χ2v) is 8.84. The highest BCUT2D eigenvalue weighted by molar-refractivity contribution is 5.88. The Morgan fingerprint density at radius 1 is 1.27 bits per heavy atom. The zero-order valence-electron chi connectivity index (χ0n) is 19.6. The van der Waals surface area contributed by atoms with E-state index < -0.39 is 0 Å². The van der Waals surface area contributed by atoms with E-state index in [1.807, 2.05) is 18.7 Å². The molecule has 1 aromatic rings. The van der Waals surface area contributed by atoms with E-state index in [0.29, 0.717) is 38.5 Å². The van der Waals surface area contributed by atoms with Gasteiger partial charge >= 0.3 is 5.97 Å². The summed E-state index contributed by atoms with van der Waals surface area (Å²) >= 11 is 0. The van der Waals surface area contributed by atoms with Crippen molar-refractivity contribution < 1.29 is 28.2 Å². The quantitative estimate of drug-likeness (QED) is 0.292. The third-order valence-corrected chi connectivity index (χ3v) is 6.21. The molecule has 1 N–H and O–H groups in total. The number of ether oxygens (including phenoxy) is 3. The lowest BCUT2D eigenvalue weighted by Gasteiger charge is -2.34. The zero-order valence-corrected chi connectivity index (χ0v) is 19.6. The Hall–Kier alpha value is -2.45. The Kier molecular flexibility index (Phi) is 9.26. The fourth-order valence-corrected chi connectivity index (χ4v) is 4.68. The van der Waals surface area contributed by atoms with Gasteiger partial charge in [-0.1, -0.05) is 26.5 Å². The van der Waals surface area contributed by atoms with E-state index in [4.69, 9.17) is 14.2 Å². The summed E-state index contributed by atoms with van der Waals surface area (Å²) in [7, 11) is 0. The average molecular weight is 463 g/mol. The van der Waals surface area contributed by atoms with Crippen molar-refractivity contribution in [3.05, 3.63) is 42.2 Å². The number of nitrogens with one attached hydrogen (secondary N) is 1. The van der Waals surface area contributed by atoms with Crippen molar-refractivity contribution in [2.45, 2.75) is 63.6 Å². The molecule has 1 amide bonds. The van der Waals surface area contributed by atoms with Crippen LogP contribution in [0.2, 0.25) is 0 Å². The van der Waals surface area contributed by atoms with Crippen LogP contribution in [0, 0.1) is 5.82 Å². The number of carbonyl (C=O) groups excluding carboxylic acids is 2. The lowest BCUT2D eigenvalue weighted by molar-refractivity contribution is -0.150. The normalized spacial score (nSPS) is 21.8. The fourth-order valence-electron chi connectivity index (χ4n) is 4.68. The highest BCUT2D eigenvalue weighted by atomic mass is 19.1. The molecule has 3 rings (SSSR count). The SMILES string of the molecule is C=CC(=O)N1[C@H]2CCC[C@@H]1[C@H](OC(=O)CNCCOCCOc1cc(F)ccc1C(C)C)C2. The molecule has 2 bridgehead atoms. The standard InChI is InChI=1S/C25H35FN2O5/c1-4-24(29)28-19-6-5-7-21(28)23(15-19)33-25(30)16-27-10-11-31-12-13-32-22-14-18(26)8-9-20(22)17(2)3/h4,8-9,14,17,19,21,23,27H,1,5-7,10-13,15-16H2,2-3H3/t19-,21+,23+/m0/s1. The van der Waals surface area contributed by atoms with Crippen LogP contribution in [-0.4, -0.2) is 67.9 Å². The number of halogens is 1. The van der Waals surface area contributed by atoms with Gasteiger partial charge in [-0.3, -0.25) is 9.59 Å². The lowest BCUT2D eigenvalue weighted by Crippen LogP contribution is -2.46. The molecule has 182 valence electrons. The van der Waals surface area contributed by atoms with E-state index in [9.17, 15) is 14.0 Å². The molecule has 0 spiro atoms. The van der Waals surface area contributed by atoms with Gasteiger partial charge in [-0.2, -0.15) is 0 Å². The molecule has 33 heavy (non-hydrogen) atoms. The minimum Gasteiger partial charge on any atom is -0.491 e. The highest BCUT2D eigenvalue weighted by Crippen LogP contribution is 2.37. The monoisotopic (exact) mass is 462 g/mol. The molecule has 0 radical (unpaired) electrons. The maximum atomic E-state index is 13.5. The first-order chi connectivity index (χ1) is 15.9. The average Bonchev–Trinajstić information content (AvgIpc) is 2.99. The largest absolute Gasteiger partial charge is 0.491 e. The second-order valence-electron chi connectivity index (χ2n) is 8.84. The molecule has 3 atom stereocenters. The van der Waals surface area contributed by atoms with Crippen LogP contribution in [0.5, 0.6) is 5.75 Å². The van der Waals surface area contributed by atoms with E-state index in [1.165, 1.54) is 18.2 Å². The van der Waals surface area contributed by atoms with Crippen LogP contribution >= 0.6 is 0 Å². The molecular weight excluding hydrogens is 427 g/mol. The van der Waals surface area contributed by atoms with Gasteiger partial charge in [-0.25, -0.2) is 4.39 Å². The molecule has 8 heteroatoms. The number of hydrogen-bond donors (Lipinski definition) is 1. The molecule has 0 unspecified atom stereocenters. The van der Waals surface area contributed by atoms with Gasteiger partial charge in [-0.05, 0) is 42.9 Å². The number of nitrogens with zero attached hydrogens (tertiary/aromatic N) is 1. The minimum absolute atomic E-state index is 0.0455. The highest BCUT2D eigenvalue weighted by Gasteiger charge is 2.47. The summed E-state index contributed by atoms with van der Waals surface area (Å²) < 4.78 is 30.3. The fraction of sp³-hybridized carbons (Fsp3) is 0.600. The van der Waals surface area contributed by atoms with E-state index >= 15 is 0 Å². The van der Waals surface area contributed by atoms with E-state index in [-0.39, 0.29) is 48.3 Å². The summed E-state index contributed by atoms with van der Waals surface area (Å²) in [5.74, 6) is 0.0426. The summed E-state index contributed by atoms with van der Waals surface area (Å²) in [5, 5.41) is 3.02. The van der Waals surface area contributed by atoms with E-state index in [1.54, 1.807) is 6.07 Å². The van der Waals surface area contributed by atoms with Crippen LogP contribution in [0.1, 0.15) is 51.0 Å². The topological polar surface area (TPSA) is 77.1 Å². The maximum Gasteiger partial charge on any atom is 0.320 e. The third kappa shape index (κ3) is 6.77. The third-order valence-electron chi connectivity index (χ3n) is 6.21. The van der Waals surface area contributed by atoms with Gasteiger partial charge in [0.25, 0.3) is 0 Å². The number of rotatable bonds is 12. The van der Waals surface area contributed by atoms with Gasteiger partial charge in [0, 0.05) is 25.1 Å². The molecule has 2 aliphatic rings. The maximum absolute atomic E-state index is 13.5. The van der Waals surface area contributed by atoms with Crippen molar-refractivity contribution in [2.24, 2.45) is 0 Å². The Balaban J connectivity index is 1.28. The zero-order chi connectivity index (χ0) is 23.8. The number of benzene rings is 1. The molecule has 2 saturated heterocycles. The Morgan fingerprint density at radius 3 is 2.85 bits per heavy atom. The van der Waals surface area contributed by atoms with Gasteiger partial charge in [-0.15, -0.1) is 0 Å². The number of esters is 1. The molecule has 2 heterocycles. The Morgan fingerprint density at radius 2 is 2.09 bits per heavy atom. The Labute approximate surface area is 195 Å². The summed E-state index contributed by atoms with van der Waals surface area (Å²) in [5.41, 5.74) is 0.958. The smallest absolute Gasteiger partial charge is 0.320 e. The second kappa shape index (κ2) is 12.1. The molecule has 2 aliphatic heterocycles. The number of fused-ring (bicyclic) bond motifs is 2. The van der Waals surface area contributed by atoms with Gasteiger partial charge in [0.05, 0.1) is 25.8 Å². The summed E-state index contributed by atoms with van der Waals surface area (Å²) in [6, 6.07) is 4.67. The molecule has 0 saturated carbocycles. The van der Waals surface area contributed by atoms with Crippen LogP contribution in [0.15, 0.2) is 30.9 Å². The van der Waals surface area contributed by atoms with Crippen LogP contribution < -0.4 is 10.1 Å². The first kappa shape index (κ1) is 25.2. The van der Waals surface area contributed by atoms with E-state index in [2.05, 4.69) is 11.9 Å². The molecule has 0 aromatic heterocycles. The van der Waals surface area contributed by atoms with Crippen molar-refractivity contribution in [2.75, 3.05) is 32.9 Å². The van der Waals surface area contributed by atoms with Gasteiger partial charge < -0.3 is 24.4 Å². The first-order valence-corrected chi connectivity index (χ1v) is 11.8. The molecule has 1 aromatic carbocycles. The van der Waals surface area contributed by atoms with E-state index in [0.717, 1.165) is 24.8 Å². The molecule has 2 fully saturated rings. The van der Waals surface area contributed by atoms with Crippen molar-refractivity contribution in [3.63, 3.8) is 0 Å². The minimum atomic E-state index is -0.326. The number of amides is 1. The molecule has 0 aliphatic carbocycles. The molecule has 7 nitrogen and oxygen atoms in total. The Bertz CT molecular complexity index is 831. The summed E-state index contributed by atoms with van der Waals surface area (Å²) in [6.07, 6.45) is 4.63. The number of piperidine rings is 1. The van der Waals surface area contributed by atoms with Gasteiger partial charge in [0.1, 0.15) is 24.3 Å². The molecular formula is C25H35FN2O5. The van der Waals surface area contributed by atoms with Gasteiger partial charge in [0.2, 0.25) is 5.91 Å². The van der Waals surface area contributed by atoms with Crippen molar-refractivity contribution in [3.8, 4) is 5.75 Å². The van der Waals surface area contributed by atoms with Crippen LogP contribution in [0.3, 0.4) is 0 Å². The number of carbonyl (C=O) groups is 2. The van der Waals surface area contributed by atoms with Crippen molar-refractivity contribution in [1.82, 2.24) is 10.2 Å². The van der Waals surface area contributed by atoms with Gasteiger partial charge in [0.15, 0.2) is 0 Å². The summed E-state index contributed by atoms with van der Waals surface area (Å²) in [4.78, 5) is 26.2. The predicted octanol–water partition coefficient (Wildman–Crippen LogP) is 3.19. The van der Waals surface area contributed by atoms with Crippen LogP contribution in [-0.2, 0) is 19.1 Å². The van der Waals surface area contributed by atoms with Crippen LogP contribution in [0.25, 0.3) is 0 Å². The first-order valence-electron chi connectivity index (χ1n) is 11.8. The van der Waals surface area contributed by atoms with Crippen LogP contribution in [0.4, 0.5) is 4.39 Å². The van der Waals surface area contributed by atoms with Crippen molar-refractivity contribution in [1.29, 1.82) is 0 Å². The van der Waals surface area contributed by atoms with Crippen molar-refractivity contribution >= 4 is 11.9 Å². The lowest BCUT2D eigenvalue weighted by atomic mass is 10.0.